The standard InChI is InChI=1S/C11H21N3O2/c1-2-13-10(15)5-7-14-11(16)9-4-3-6-12-8-9/h9,12H,2-8H2,1H3,(H,13,15)(H,14,16)/t9-/m0/s1. The number of amides is 2. The molecule has 2 amide bonds. The second-order valence-electron chi connectivity index (χ2n) is 4.04. The first-order valence-electron chi connectivity index (χ1n) is 5.99. The van der Waals surface area contributed by atoms with Crippen molar-refractivity contribution in [2.45, 2.75) is 26.2 Å². The maximum Gasteiger partial charge on any atom is 0.224 e. The molecule has 5 nitrogen and oxygen atoms in total. The highest BCUT2D eigenvalue weighted by atomic mass is 16.2. The Kier molecular flexibility index (Phi) is 5.85. The van der Waals surface area contributed by atoms with Crippen molar-refractivity contribution in [3.63, 3.8) is 0 Å². The molecule has 92 valence electrons. The Morgan fingerprint density at radius 2 is 2.19 bits per heavy atom. The number of carbonyl (C=O) groups is 2. The maximum absolute atomic E-state index is 11.7. The van der Waals surface area contributed by atoms with Crippen LogP contribution in [0.1, 0.15) is 26.2 Å². The van der Waals surface area contributed by atoms with E-state index in [0.29, 0.717) is 19.5 Å². The molecule has 16 heavy (non-hydrogen) atoms. The Balaban J connectivity index is 2.12. The summed E-state index contributed by atoms with van der Waals surface area (Å²) in [6.07, 6.45) is 2.36. The third-order valence-electron chi connectivity index (χ3n) is 2.69. The van der Waals surface area contributed by atoms with Gasteiger partial charge in [0.15, 0.2) is 0 Å². The van der Waals surface area contributed by atoms with E-state index in [9.17, 15) is 9.59 Å². The van der Waals surface area contributed by atoms with E-state index in [4.69, 9.17) is 0 Å². The fourth-order valence-corrected chi connectivity index (χ4v) is 1.80. The average Bonchev–Trinajstić information content (AvgIpc) is 2.30. The first-order valence-corrected chi connectivity index (χ1v) is 5.99. The first-order chi connectivity index (χ1) is 7.74. The van der Waals surface area contributed by atoms with Crippen molar-refractivity contribution < 1.29 is 9.59 Å². The summed E-state index contributed by atoms with van der Waals surface area (Å²) in [5.74, 6) is 0.129. The Morgan fingerprint density at radius 3 is 2.81 bits per heavy atom. The molecule has 0 aromatic heterocycles. The molecular weight excluding hydrogens is 206 g/mol. The molecule has 0 aliphatic carbocycles. The van der Waals surface area contributed by atoms with Crippen molar-refractivity contribution in [2.75, 3.05) is 26.2 Å². The minimum atomic E-state index is -0.00966. The molecule has 0 aromatic rings. The van der Waals surface area contributed by atoms with Gasteiger partial charge in [-0.25, -0.2) is 0 Å². The summed E-state index contributed by atoms with van der Waals surface area (Å²) >= 11 is 0. The van der Waals surface area contributed by atoms with E-state index in [0.717, 1.165) is 25.9 Å². The molecule has 1 fully saturated rings. The molecule has 0 saturated carbocycles. The zero-order chi connectivity index (χ0) is 11.8. The quantitative estimate of drug-likeness (QED) is 0.600. The van der Waals surface area contributed by atoms with Crippen molar-refractivity contribution in [2.24, 2.45) is 5.92 Å². The lowest BCUT2D eigenvalue weighted by Crippen LogP contribution is -2.41. The summed E-state index contributed by atoms with van der Waals surface area (Å²) in [6.45, 7) is 4.71. The van der Waals surface area contributed by atoms with E-state index < -0.39 is 0 Å². The molecule has 3 N–H and O–H groups in total. The maximum atomic E-state index is 11.7. The second kappa shape index (κ2) is 7.22. The summed E-state index contributed by atoms with van der Waals surface area (Å²) in [6, 6.07) is 0. The van der Waals surface area contributed by atoms with Gasteiger partial charge in [-0.3, -0.25) is 9.59 Å². The zero-order valence-corrected chi connectivity index (χ0v) is 9.84. The van der Waals surface area contributed by atoms with E-state index in [1.807, 2.05) is 6.92 Å². The van der Waals surface area contributed by atoms with Gasteiger partial charge in [0.05, 0.1) is 5.92 Å². The van der Waals surface area contributed by atoms with Crippen LogP contribution in [0.3, 0.4) is 0 Å². The number of carbonyl (C=O) groups excluding carboxylic acids is 2. The zero-order valence-electron chi connectivity index (χ0n) is 9.84. The van der Waals surface area contributed by atoms with Crippen molar-refractivity contribution in [1.29, 1.82) is 0 Å². The highest BCUT2D eigenvalue weighted by Crippen LogP contribution is 2.09. The molecule has 1 aliphatic rings. The van der Waals surface area contributed by atoms with Crippen LogP contribution >= 0.6 is 0 Å². The highest BCUT2D eigenvalue weighted by molar-refractivity contribution is 5.80. The average molecular weight is 227 g/mol. The van der Waals surface area contributed by atoms with E-state index >= 15 is 0 Å². The molecule has 1 heterocycles. The molecule has 0 bridgehead atoms. The van der Waals surface area contributed by atoms with Gasteiger partial charge in [-0.05, 0) is 26.3 Å². The molecule has 0 aromatic carbocycles. The van der Waals surface area contributed by atoms with Crippen LogP contribution in [0.5, 0.6) is 0 Å². The third-order valence-corrected chi connectivity index (χ3v) is 2.69. The lowest BCUT2D eigenvalue weighted by atomic mass is 9.99. The van der Waals surface area contributed by atoms with Crippen LogP contribution in [-0.2, 0) is 9.59 Å². The summed E-state index contributed by atoms with van der Waals surface area (Å²) in [5.41, 5.74) is 0. The second-order valence-corrected chi connectivity index (χ2v) is 4.04. The molecule has 1 saturated heterocycles. The topological polar surface area (TPSA) is 70.2 Å². The van der Waals surface area contributed by atoms with Crippen LogP contribution in [0.15, 0.2) is 0 Å². The van der Waals surface area contributed by atoms with Crippen LogP contribution in [0.4, 0.5) is 0 Å². The van der Waals surface area contributed by atoms with E-state index in [-0.39, 0.29) is 17.7 Å². The van der Waals surface area contributed by atoms with Gasteiger partial charge < -0.3 is 16.0 Å². The largest absolute Gasteiger partial charge is 0.356 e. The lowest BCUT2D eigenvalue weighted by Gasteiger charge is -2.21. The van der Waals surface area contributed by atoms with E-state index in [1.165, 1.54) is 0 Å². The van der Waals surface area contributed by atoms with E-state index in [2.05, 4.69) is 16.0 Å². The summed E-state index contributed by atoms with van der Waals surface area (Å²) < 4.78 is 0. The van der Waals surface area contributed by atoms with Gasteiger partial charge in [0.2, 0.25) is 11.8 Å². The van der Waals surface area contributed by atoms with Gasteiger partial charge in [0.25, 0.3) is 0 Å². The minimum Gasteiger partial charge on any atom is -0.356 e. The number of rotatable bonds is 5. The van der Waals surface area contributed by atoms with Gasteiger partial charge in [-0.15, -0.1) is 0 Å². The Bertz CT molecular complexity index is 237. The minimum absolute atomic E-state index is 0.00966. The molecule has 1 rings (SSSR count). The van der Waals surface area contributed by atoms with Gasteiger partial charge in [-0.2, -0.15) is 0 Å². The number of hydrogen-bond acceptors (Lipinski definition) is 3. The van der Waals surface area contributed by atoms with Crippen LogP contribution in [0.25, 0.3) is 0 Å². The molecule has 1 aliphatic heterocycles. The van der Waals surface area contributed by atoms with Crippen molar-refractivity contribution >= 4 is 11.8 Å². The summed E-state index contributed by atoms with van der Waals surface area (Å²) in [4.78, 5) is 22.8. The van der Waals surface area contributed by atoms with Gasteiger partial charge in [0.1, 0.15) is 0 Å². The van der Waals surface area contributed by atoms with Gasteiger partial charge in [-0.1, -0.05) is 0 Å². The predicted octanol–water partition coefficient (Wildman–Crippen LogP) is -0.372. The van der Waals surface area contributed by atoms with Crippen LogP contribution in [-0.4, -0.2) is 38.0 Å². The molecule has 5 heteroatoms. The fourth-order valence-electron chi connectivity index (χ4n) is 1.80. The molecular formula is C11H21N3O2. The van der Waals surface area contributed by atoms with Gasteiger partial charge in [0, 0.05) is 26.1 Å². The van der Waals surface area contributed by atoms with Crippen molar-refractivity contribution in [1.82, 2.24) is 16.0 Å². The lowest BCUT2D eigenvalue weighted by molar-refractivity contribution is -0.125. The van der Waals surface area contributed by atoms with Gasteiger partial charge >= 0.3 is 0 Å². The Hall–Kier alpha value is -1.10. The normalized spacial score (nSPS) is 20.2. The third kappa shape index (κ3) is 4.61. The first kappa shape index (κ1) is 13.0. The summed E-state index contributed by atoms with van der Waals surface area (Å²) in [5, 5.41) is 8.69. The molecule has 1 atom stereocenters. The highest BCUT2D eigenvalue weighted by Gasteiger charge is 2.20. The monoisotopic (exact) mass is 227 g/mol. The molecule has 0 radical (unpaired) electrons. The molecule has 0 spiro atoms. The Labute approximate surface area is 96.4 Å². The van der Waals surface area contributed by atoms with Crippen LogP contribution < -0.4 is 16.0 Å². The van der Waals surface area contributed by atoms with Crippen LogP contribution in [0.2, 0.25) is 0 Å². The molecule has 0 unspecified atom stereocenters. The van der Waals surface area contributed by atoms with E-state index in [1.54, 1.807) is 0 Å². The van der Waals surface area contributed by atoms with Crippen molar-refractivity contribution in [3.05, 3.63) is 0 Å². The van der Waals surface area contributed by atoms with Crippen molar-refractivity contribution in [3.8, 4) is 0 Å². The summed E-state index contributed by atoms with van der Waals surface area (Å²) in [7, 11) is 0. The smallest absolute Gasteiger partial charge is 0.224 e. The predicted molar refractivity (Wildman–Crippen MR) is 61.9 cm³/mol. The number of hydrogen-bond donors (Lipinski definition) is 3. The van der Waals surface area contributed by atoms with Crippen LogP contribution in [0, 0.1) is 5.92 Å². The number of piperidine rings is 1. The fraction of sp³-hybridized carbons (Fsp3) is 0.818. The Morgan fingerprint density at radius 1 is 1.38 bits per heavy atom. The SMILES string of the molecule is CCNC(=O)CCNC(=O)[C@H]1CCCNC1. The number of nitrogens with one attached hydrogen (secondary N) is 3.